The number of nitrogen functional groups attached to an aromatic ring is 1. The van der Waals surface area contributed by atoms with Crippen LogP contribution in [0.3, 0.4) is 0 Å². The Balaban J connectivity index is 1.79. The van der Waals surface area contributed by atoms with Crippen molar-refractivity contribution >= 4 is 29.1 Å². The number of hydrogen-bond acceptors (Lipinski definition) is 5. The van der Waals surface area contributed by atoms with Crippen molar-refractivity contribution < 1.29 is 14.4 Å². The molecule has 146 valence electrons. The second-order valence-electron chi connectivity index (χ2n) is 7.10. The van der Waals surface area contributed by atoms with E-state index in [1.165, 1.54) is 18.5 Å². The van der Waals surface area contributed by atoms with Crippen LogP contribution in [0.15, 0.2) is 42.7 Å². The molecule has 1 aromatic carbocycles. The van der Waals surface area contributed by atoms with Crippen LogP contribution in [0.5, 0.6) is 0 Å². The maximum absolute atomic E-state index is 12.9. The molecule has 8 nitrogen and oxygen atoms in total. The number of rotatable bonds is 3. The minimum atomic E-state index is -0.780. The maximum atomic E-state index is 12.9. The van der Waals surface area contributed by atoms with E-state index < -0.39 is 17.7 Å². The summed E-state index contributed by atoms with van der Waals surface area (Å²) < 4.78 is 0. The fourth-order valence-electron chi connectivity index (χ4n) is 3.40. The van der Waals surface area contributed by atoms with Gasteiger partial charge in [0.2, 0.25) is 5.91 Å². The van der Waals surface area contributed by atoms with Gasteiger partial charge in [-0.05, 0) is 42.5 Å². The highest BCUT2D eigenvalue weighted by Gasteiger charge is 2.34. The first-order valence-electron chi connectivity index (χ1n) is 9.07. The van der Waals surface area contributed by atoms with Gasteiger partial charge in [-0.2, -0.15) is 0 Å². The Labute approximate surface area is 162 Å². The zero-order valence-corrected chi connectivity index (χ0v) is 15.6. The van der Waals surface area contributed by atoms with Gasteiger partial charge in [0.05, 0.1) is 23.5 Å². The Hall–Kier alpha value is -3.42. The monoisotopic (exact) mass is 381 g/mol. The molecule has 1 aliphatic rings. The van der Waals surface area contributed by atoms with E-state index in [2.05, 4.69) is 17.2 Å². The summed E-state index contributed by atoms with van der Waals surface area (Å²) in [5, 5.41) is 2.51. The molecular formula is C20H23N5O3. The van der Waals surface area contributed by atoms with E-state index >= 15 is 0 Å². The normalized spacial score (nSPS) is 19.1. The van der Waals surface area contributed by atoms with Gasteiger partial charge in [0.25, 0.3) is 0 Å². The summed E-state index contributed by atoms with van der Waals surface area (Å²) in [4.78, 5) is 42.2. The van der Waals surface area contributed by atoms with E-state index in [0.29, 0.717) is 18.2 Å². The Kier molecular flexibility index (Phi) is 5.58. The summed E-state index contributed by atoms with van der Waals surface area (Å²) in [6, 6.07) is 8.54. The minimum Gasteiger partial charge on any atom is -0.399 e. The van der Waals surface area contributed by atoms with Crippen molar-refractivity contribution in [3.05, 3.63) is 53.9 Å². The first-order valence-corrected chi connectivity index (χ1v) is 9.07. The molecule has 3 amide bonds. The number of piperidine rings is 1. The number of likely N-dealkylation sites (tertiary alicyclic amines) is 1. The minimum absolute atomic E-state index is 0.150. The third-order valence-electron chi connectivity index (χ3n) is 4.87. The number of carbonyl (C=O) groups is 3. The van der Waals surface area contributed by atoms with E-state index in [-0.39, 0.29) is 17.3 Å². The number of carbonyl (C=O) groups excluding carboxylic acids is 3. The summed E-state index contributed by atoms with van der Waals surface area (Å²) in [6.07, 6.45) is 4.38. The number of nitrogens with two attached hydrogens (primary N) is 2. The molecule has 3 rings (SSSR count). The fraction of sp³-hybridized carbons (Fsp3) is 0.300. The van der Waals surface area contributed by atoms with Crippen LogP contribution in [0.1, 0.15) is 41.7 Å². The van der Waals surface area contributed by atoms with Crippen molar-refractivity contribution in [2.75, 3.05) is 17.6 Å². The van der Waals surface area contributed by atoms with Gasteiger partial charge < -0.3 is 21.7 Å². The van der Waals surface area contributed by atoms with E-state index in [1.807, 2.05) is 12.1 Å². The van der Waals surface area contributed by atoms with Crippen molar-refractivity contribution in [1.29, 1.82) is 0 Å². The van der Waals surface area contributed by atoms with Gasteiger partial charge in [-0.15, -0.1) is 0 Å². The molecule has 2 heterocycles. The average molecular weight is 381 g/mol. The molecule has 2 atom stereocenters. The van der Waals surface area contributed by atoms with Gasteiger partial charge in [0, 0.05) is 18.4 Å². The molecule has 8 heteroatoms. The van der Waals surface area contributed by atoms with Crippen LogP contribution in [0.2, 0.25) is 0 Å². The van der Waals surface area contributed by atoms with Crippen molar-refractivity contribution in [2.45, 2.75) is 25.8 Å². The van der Waals surface area contributed by atoms with E-state index in [0.717, 1.165) is 18.4 Å². The van der Waals surface area contributed by atoms with Crippen LogP contribution >= 0.6 is 0 Å². The zero-order valence-electron chi connectivity index (χ0n) is 15.6. The van der Waals surface area contributed by atoms with Crippen molar-refractivity contribution in [1.82, 2.24) is 9.88 Å². The first-order chi connectivity index (χ1) is 13.3. The van der Waals surface area contributed by atoms with Crippen LogP contribution < -0.4 is 16.8 Å². The highest BCUT2D eigenvalue weighted by Crippen LogP contribution is 2.33. The molecule has 1 fully saturated rings. The summed E-state index contributed by atoms with van der Waals surface area (Å²) in [6.45, 7) is 2.54. The summed E-state index contributed by atoms with van der Waals surface area (Å²) in [7, 11) is 0. The fourth-order valence-corrected chi connectivity index (χ4v) is 3.40. The molecule has 28 heavy (non-hydrogen) atoms. The lowest BCUT2D eigenvalue weighted by Crippen LogP contribution is -2.46. The molecule has 0 radical (unpaired) electrons. The van der Waals surface area contributed by atoms with Gasteiger partial charge in [0.15, 0.2) is 0 Å². The topological polar surface area (TPSA) is 131 Å². The number of benzene rings is 1. The van der Waals surface area contributed by atoms with Crippen LogP contribution in [0.25, 0.3) is 0 Å². The highest BCUT2D eigenvalue weighted by molar-refractivity contribution is 6.39. The average Bonchev–Trinajstić information content (AvgIpc) is 2.68. The summed E-state index contributed by atoms with van der Waals surface area (Å²) >= 11 is 0. The number of amides is 3. The van der Waals surface area contributed by atoms with Gasteiger partial charge in [-0.25, -0.2) is 0 Å². The Morgan fingerprint density at radius 3 is 2.54 bits per heavy atom. The molecule has 0 unspecified atom stereocenters. The SMILES string of the molecule is C[C@H]1CC[C@H](c2ccc(N)cc2)N(C(=O)C(=O)Nc2cncc(C(N)=O)c2)C1. The predicted octanol–water partition coefficient (Wildman–Crippen LogP) is 1.70. The van der Waals surface area contributed by atoms with Gasteiger partial charge in [0.1, 0.15) is 0 Å². The lowest BCUT2D eigenvalue weighted by Gasteiger charge is -2.38. The molecule has 0 spiro atoms. The third-order valence-corrected chi connectivity index (χ3v) is 4.87. The van der Waals surface area contributed by atoms with Gasteiger partial charge in [-0.3, -0.25) is 19.4 Å². The Morgan fingerprint density at radius 1 is 1.14 bits per heavy atom. The summed E-state index contributed by atoms with van der Waals surface area (Å²) in [5.74, 6) is -1.78. The maximum Gasteiger partial charge on any atom is 0.313 e. The van der Waals surface area contributed by atoms with Crippen molar-refractivity contribution in [3.8, 4) is 0 Å². The standard InChI is InChI=1S/C20H23N5O3/c1-12-2-7-17(13-3-5-15(21)6-4-13)25(11-12)20(28)19(27)24-16-8-14(18(22)26)9-23-10-16/h3-6,8-10,12,17H,2,7,11,21H2,1H3,(H2,22,26)(H,24,27)/t12-,17+/m0/s1. The van der Waals surface area contributed by atoms with E-state index in [1.54, 1.807) is 17.0 Å². The molecule has 0 saturated carbocycles. The number of anilines is 2. The van der Waals surface area contributed by atoms with E-state index in [9.17, 15) is 14.4 Å². The lowest BCUT2D eigenvalue weighted by molar-refractivity contribution is -0.146. The van der Waals surface area contributed by atoms with Gasteiger partial charge >= 0.3 is 11.8 Å². The van der Waals surface area contributed by atoms with E-state index in [4.69, 9.17) is 11.5 Å². The molecule has 1 aliphatic heterocycles. The number of pyridine rings is 1. The second-order valence-corrected chi connectivity index (χ2v) is 7.10. The predicted molar refractivity (Wildman–Crippen MR) is 105 cm³/mol. The molecule has 0 bridgehead atoms. The number of aromatic nitrogens is 1. The molecular weight excluding hydrogens is 358 g/mol. The number of primary amides is 1. The molecule has 0 aliphatic carbocycles. The highest BCUT2D eigenvalue weighted by atomic mass is 16.2. The quantitative estimate of drug-likeness (QED) is 0.550. The van der Waals surface area contributed by atoms with Crippen LogP contribution in [-0.2, 0) is 9.59 Å². The number of hydrogen-bond donors (Lipinski definition) is 3. The number of nitrogens with zero attached hydrogens (tertiary/aromatic N) is 2. The van der Waals surface area contributed by atoms with Crippen LogP contribution in [0, 0.1) is 5.92 Å². The zero-order chi connectivity index (χ0) is 20.3. The second kappa shape index (κ2) is 8.08. The largest absolute Gasteiger partial charge is 0.399 e. The molecule has 2 aromatic rings. The van der Waals surface area contributed by atoms with Crippen molar-refractivity contribution in [2.24, 2.45) is 11.7 Å². The first kappa shape index (κ1) is 19.3. The molecule has 1 aromatic heterocycles. The third kappa shape index (κ3) is 4.28. The Morgan fingerprint density at radius 2 is 1.86 bits per heavy atom. The summed E-state index contributed by atoms with van der Waals surface area (Å²) in [5.41, 5.74) is 13.0. The van der Waals surface area contributed by atoms with Crippen LogP contribution in [-0.4, -0.2) is 34.2 Å². The molecule has 5 N–H and O–H groups in total. The van der Waals surface area contributed by atoms with Crippen LogP contribution in [0.4, 0.5) is 11.4 Å². The number of nitrogens with one attached hydrogen (secondary N) is 1. The lowest BCUT2D eigenvalue weighted by atomic mass is 9.89. The van der Waals surface area contributed by atoms with Crippen molar-refractivity contribution in [3.63, 3.8) is 0 Å². The Bertz CT molecular complexity index is 897. The van der Waals surface area contributed by atoms with Gasteiger partial charge in [-0.1, -0.05) is 19.1 Å². The molecule has 1 saturated heterocycles. The smallest absolute Gasteiger partial charge is 0.313 e.